The molecule has 0 spiro atoms. The smallest absolute Gasteiger partial charge is 0.408 e. The van der Waals surface area contributed by atoms with Gasteiger partial charge in [0.15, 0.2) is 6.61 Å². The van der Waals surface area contributed by atoms with Crippen molar-refractivity contribution in [3.05, 3.63) is 102 Å². The van der Waals surface area contributed by atoms with Gasteiger partial charge in [0.2, 0.25) is 5.91 Å². The predicted molar refractivity (Wildman–Crippen MR) is 157 cm³/mol. The van der Waals surface area contributed by atoms with Crippen molar-refractivity contribution in [3.8, 4) is 0 Å². The maximum absolute atomic E-state index is 13.8. The molecule has 2 atom stereocenters. The van der Waals surface area contributed by atoms with Crippen LogP contribution in [0.3, 0.4) is 0 Å². The van der Waals surface area contributed by atoms with E-state index in [1.165, 1.54) is 0 Å². The number of hydrogen-bond acceptors (Lipinski definition) is 5. The number of fused-ring (bicyclic) bond motifs is 2. The summed E-state index contributed by atoms with van der Waals surface area (Å²) in [6.07, 6.45) is 1.43. The molecule has 0 saturated carbocycles. The molecule has 5 aromatic rings. The molecule has 0 aliphatic heterocycles. The van der Waals surface area contributed by atoms with Crippen molar-refractivity contribution in [2.45, 2.75) is 38.5 Å². The lowest BCUT2D eigenvalue weighted by atomic mass is 9.91. The van der Waals surface area contributed by atoms with Gasteiger partial charge in [-0.05, 0) is 55.3 Å². The highest BCUT2D eigenvalue weighted by atomic mass is 16.6. The van der Waals surface area contributed by atoms with Gasteiger partial charge in [-0.2, -0.15) is 0 Å². The zero-order valence-electron chi connectivity index (χ0n) is 23.2. The number of aromatic amines is 1. The van der Waals surface area contributed by atoms with E-state index in [1.807, 2.05) is 111 Å². The monoisotopic (exact) mass is 538 g/mol. The summed E-state index contributed by atoms with van der Waals surface area (Å²) >= 11 is 0. The van der Waals surface area contributed by atoms with E-state index >= 15 is 0 Å². The fraction of sp³-hybridized carbons (Fsp3) is 0.250. The van der Waals surface area contributed by atoms with E-state index in [0.717, 1.165) is 38.7 Å². The predicted octanol–water partition coefficient (Wildman–Crippen LogP) is 6.09. The van der Waals surface area contributed by atoms with Gasteiger partial charge in [-0.15, -0.1) is 0 Å². The number of ether oxygens (including phenoxy) is 1. The molecule has 0 radical (unpaired) electrons. The van der Waals surface area contributed by atoms with Crippen molar-refractivity contribution in [1.82, 2.24) is 15.6 Å². The zero-order chi connectivity index (χ0) is 28.3. The van der Waals surface area contributed by atoms with Crippen LogP contribution in [0.25, 0.3) is 21.9 Å². The summed E-state index contributed by atoms with van der Waals surface area (Å²) in [7, 11) is 3.95. The summed E-state index contributed by atoms with van der Waals surface area (Å²) in [4.78, 5) is 32.2. The summed E-state index contributed by atoms with van der Waals surface area (Å²) < 4.78 is 11.3. The molecule has 206 valence electrons. The number of carbonyl (C=O) groups is 2. The Balaban J connectivity index is 1.35. The average molecular weight is 539 g/mol. The SMILES string of the molecule is CC(NC(=O)C(C)(Cc1c[nH]c2ccccc12)NC(=O)OCc1cc2ccccc2o1)c1cccc(N(C)C)c1. The Morgan fingerprint density at radius 2 is 1.80 bits per heavy atom. The lowest BCUT2D eigenvalue weighted by Gasteiger charge is -2.31. The minimum atomic E-state index is -1.30. The summed E-state index contributed by atoms with van der Waals surface area (Å²) in [6.45, 7) is 3.59. The fourth-order valence-corrected chi connectivity index (χ4v) is 4.86. The van der Waals surface area contributed by atoms with Gasteiger partial charge in [-0.25, -0.2) is 4.79 Å². The van der Waals surface area contributed by atoms with Crippen molar-refractivity contribution < 1.29 is 18.7 Å². The van der Waals surface area contributed by atoms with Gasteiger partial charge in [-0.1, -0.05) is 48.5 Å². The third-order valence-corrected chi connectivity index (χ3v) is 7.15. The topological polar surface area (TPSA) is 99.6 Å². The van der Waals surface area contributed by atoms with Crippen molar-refractivity contribution in [2.75, 3.05) is 19.0 Å². The van der Waals surface area contributed by atoms with Gasteiger partial charge < -0.3 is 29.7 Å². The summed E-state index contributed by atoms with van der Waals surface area (Å²) in [5.41, 5.74) is 3.28. The van der Waals surface area contributed by atoms with Crippen LogP contribution in [0.15, 0.2) is 89.5 Å². The molecule has 0 bridgehead atoms. The first-order valence-electron chi connectivity index (χ1n) is 13.3. The highest BCUT2D eigenvalue weighted by Gasteiger charge is 2.37. The number of benzene rings is 3. The van der Waals surface area contributed by atoms with Gasteiger partial charge in [0.25, 0.3) is 0 Å². The Morgan fingerprint density at radius 3 is 2.60 bits per heavy atom. The molecule has 0 fully saturated rings. The van der Waals surface area contributed by atoms with Crippen molar-refractivity contribution >= 4 is 39.6 Å². The maximum Gasteiger partial charge on any atom is 0.408 e. The Hall–Kier alpha value is -4.72. The highest BCUT2D eigenvalue weighted by molar-refractivity contribution is 5.92. The molecule has 0 saturated heterocycles. The van der Waals surface area contributed by atoms with Crippen LogP contribution in [0.2, 0.25) is 0 Å². The van der Waals surface area contributed by atoms with E-state index < -0.39 is 11.6 Å². The molecule has 0 aliphatic carbocycles. The molecule has 2 amide bonds. The van der Waals surface area contributed by atoms with E-state index in [-0.39, 0.29) is 25.0 Å². The number of rotatable bonds is 9. The molecule has 0 aliphatic rings. The van der Waals surface area contributed by atoms with Gasteiger partial charge >= 0.3 is 6.09 Å². The van der Waals surface area contributed by atoms with Crippen LogP contribution in [0.4, 0.5) is 10.5 Å². The molecule has 8 nitrogen and oxygen atoms in total. The van der Waals surface area contributed by atoms with Crippen LogP contribution in [0, 0.1) is 0 Å². The third-order valence-electron chi connectivity index (χ3n) is 7.15. The number of para-hydroxylation sites is 2. The first-order chi connectivity index (χ1) is 19.2. The number of amides is 2. The first-order valence-corrected chi connectivity index (χ1v) is 13.3. The Kier molecular flexibility index (Phi) is 7.51. The molecule has 3 N–H and O–H groups in total. The van der Waals surface area contributed by atoms with Crippen LogP contribution < -0.4 is 15.5 Å². The molecular formula is C32H34N4O4. The van der Waals surface area contributed by atoms with Crippen LogP contribution >= 0.6 is 0 Å². The Bertz CT molecular complexity index is 1620. The number of nitrogens with zero attached hydrogens (tertiary/aromatic N) is 1. The van der Waals surface area contributed by atoms with Gasteiger partial charge in [0.05, 0.1) is 6.04 Å². The van der Waals surface area contributed by atoms with Crippen LogP contribution in [-0.2, 0) is 22.6 Å². The second-order valence-electron chi connectivity index (χ2n) is 10.5. The second kappa shape index (κ2) is 11.2. The number of alkyl carbamates (subject to hydrolysis) is 1. The van der Waals surface area contributed by atoms with E-state index in [1.54, 1.807) is 6.92 Å². The molecule has 3 aromatic carbocycles. The number of carbonyl (C=O) groups excluding carboxylic acids is 2. The fourth-order valence-electron chi connectivity index (χ4n) is 4.86. The van der Waals surface area contributed by atoms with Crippen molar-refractivity contribution in [3.63, 3.8) is 0 Å². The highest BCUT2D eigenvalue weighted by Crippen LogP contribution is 2.25. The summed E-state index contributed by atoms with van der Waals surface area (Å²) in [5, 5.41) is 7.87. The largest absolute Gasteiger partial charge is 0.457 e. The standard InChI is InChI=1S/C32H34N4O4/c1-21(22-11-9-12-25(16-22)36(3)4)34-30(37)32(2,18-24-19-33-28-14-7-6-13-27(24)28)35-31(38)39-20-26-17-23-10-5-8-15-29(23)40-26/h5-17,19,21,33H,18,20H2,1-4H3,(H,34,37)(H,35,38). The molecule has 2 heterocycles. The minimum Gasteiger partial charge on any atom is -0.457 e. The van der Waals surface area contributed by atoms with Gasteiger partial charge in [0.1, 0.15) is 16.9 Å². The van der Waals surface area contributed by atoms with Crippen molar-refractivity contribution in [1.29, 1.82) is 0 Å². The number of H-pyrrole nitrogens is 1. The van der Waals surface area contributed by atoms with Crippen LogP contribution in [0.1, 0.15) is 36.8 Å². The van der Waals surface area contributed by atoms with Gasteiger partial charge in [0, 0.05) is 48.7 Å². The van der Waals surface area contributed by atoms with Crippen LogP contribution in [0.5, 0.6) is 0 Å². The molecular weight excluding hydrogens is 504 g/mol. The molecule has 8 heteroatoms. The molecule has 2 unspecified atom stereocenters. The number of hydrogen-bond donors (Lipinski definition) is 3. The number of anilines is 1. The van der Waals surface area contributed by atoms with Crippen molar-refractivity contribution in [2.24, 2.45) is 0 Å². The first kappa shape index (κ1) is 26.9. The van der Waals surface area contributed by atoms with Crippen LogP contribution in [-0.4, -0.2) is 36.6 Å². The third kappa shape index (κ3) is 5.81. The minimum absolute atomic E-state index is 0.0565. The Morgan fingerprint density at radius 1 is 1.02 bits per heavy atom. The van der Waals surface area contributed by atoms with E-state index in [9.17, 15) is 9.59 Å². The summed E-state index contributed by atoms with van der Waals surface area (Å²) in [5.74, 6) is 0.203. The average Bonchev–Trinajstić information content (AvgIpc) is 3.55. The molecule has 2 aromatic heterocycles. The lowest BCUT2D eigenvalue weighted by Crippen LogP contribution is -2.58. The quantitative estimate of drug-likeness (QED) is 0.211. The molecule has 5 rings (SSSR count). The van der Waals surface area contributed by atoms with E-state index in [2.05, 4.69) is 15.6 Å². The van der Waals surface area contributed by atoms with Gasteiger partial charge in [-0.3, -0.25) is 4.79 Å². The second-order valence-corrected chi connectivity index (χ2v) is 10.5. The molecule has 40 heavy (non-hydrogen) atoms. The number of nitrogens with one attached hydrogen (secondary N) is 3. The zero-order valence-corrected chi connectivity index (χ0v) is 23.2. The lowest BCUT2D eigenvalue weighted by molar-refractivity contribution is -0.127. The number of aromatic nitrogens is 1. The normalized spacial score (nSPS) is 13.5. The Labute approximate surface area is 233 Å². The number of furan rings is 1. The summed E-state index contributed by atoms with van der Waals surface area (Å²) in [6, 6.07) is 25.0. The van der Waals surface area contributed by atoms with E-state index in [4.69, 9.17) is 9.15 Å². The van der Waals surface area contributed by atoms with E-state index in [0.29, 0.717) is 5.76 Å². The maximum atomic E-state index is 13.8.